The summed E-state index contributed by atoms with van der Waals surface area (Å²) in [6.45, 7) is 1.00. The van der Waals surface area contributed by atoms with E-state index in [1.54, 1.807) is 19.3 Å². The number of hydrogen-bond acceptors (Lipinski definition) is 4. The van der Waals surface area contributed by atoms with Crippen LogP contribution in [0.15, 0.2) is 36.4 Å². The fourth-order valence-corrected chi connectivity index (χ4v) is 1.94. The molecule has 4 nitrogen and oxygen atoms in total. The van der Waals surface area contributed by atoms with Crippen molar-refractivity contribution < 1.29 is 23.8 Å². The van der Waals surface area contributed by atoms with Crippen LogP contribution in [0.4, 0.5) is 4.39 Å². The van der Waals surface area contributed by atoms with E-state index in [2.05, 4.69) is 0 Å². The van der Waals surface area contributed by atoms with E-state index in [0.717, 1.165) is 11.3 Å². The lowest BCUT2D eigenvalue weighted by Gasteiger charge is -2.05. The molecule has 2 aromatic rings. The van der Waals surface area contributed by atoms with Gasteiger partial charge in [-0.3, -0.25) is 4.79 Å². The molecule has 0 amide bonds. The Bertz CT molecular complexity index is 693. The lowest BCUT2D eigenvalue weighted by atomic mass is 10.1. The molecule has 0 radical (unpaired) electrons. The third-order valence-electron chi connectivity index (χ3n) is 3.15. The number of halogens is 1. The first-order chi connectivity index (χ1) is 11.1. The molecule has 23 heavy (non-hydrogen) atoms. The first-order valence-electron chi connectivity index (χ1n) is 7.01. The second-order valence-corrected chi connectivity index (χ2v) is 4.80. The van der Waals surface area contributed by atoms with Crippen LogP contribution >= 0.6 is 0 Å². The Labute approximate surface area is 133 Å². The third-order valence-corrected chi connectivity index (χ3v) is 3.15. The number of carbonyl (C=O) groups is 1. The largest absolute Gasteiger partial charge is 0.504 e. The fraction of sp³-hybridized carbons (Fsp3) is 0.167. The second kappa shape index (κ2) is 8.10. The van der Waals surface area contributed by atoms with Crippen LogP contribution in [0.25, 0.3) is 12.2 Å². The van der Waals surface area contributed by atoms with Crippen LogP contribution in [0.3, 0.4) is 0 Å². The lowest BCUT2D eigenvalue weighted by molar-refractivity contribution is 0.112. The van der Waals surface area contributed by atoms with Crippen molar-refractivity contribution in [2.24, 2.45) is 0 Å². The Morgan fingerprint density at radius 3 is 2.43 bits per heavy atom. The number of rotatable bonds is 7. The monoisotopic (exact) mass is 316 g/mol. The van der Waals surface area contributed by atoms with Crippen molar-refractivity contribution in [2.45, 2.75) is 0 Å². The maximum absolute atomic E-state index is 13.5. The summed E-state index contributed by atoms with van der Waals surface area (Å²) in [5.41, 5.74) is 1.31. The highest BCUT2D eigenvalue weighted by atomic mass is 19.1. The number of carbonyl (C=O) groups excluding carboxylic acids is 1. The van der Waals surface area contributed by atoms with Crippen molar-refractivity contribution in [3.8, 4) is 11.5 Å². The van der Waals surface area contributed by atoms with Gasteiger partial charge in [-0.25, -0.2) is 4.39 Å². The quantitative estimate of drug-likeness (QED) is 0.482. The van der Waals surface area contributed by atoms with E-state index in [1.807, 2.05) is 24.3 Å². The summed E-state index contributed by atoms with van der Waals surface area (Å²) in [7, 11) is 1.61. The van der Waals surface area contributed by atoms with Gasteiger partial charge >= 0.3 is 0 Å². The summed E-state index contributed by atoms with van der Waals surface area (Å²) in [4.78, 5) is 10.8. The smallest absolute Gasteiger partial charge is 0.166 e. The number of hydrogen-bond donors (Lipinski definition) is 1. The van der Waals surface area contributed by atoms with Crippen molar-refractivity contribution in [3.63, 3.8) is 0 Å². The number of phenolic OH excluding ortho intramolecular Hbond substituents is 1. The summed E-state index contributed by atoms with van der Waals surface area (Å²) in [5.74, 6) is -0.719. The van der Waals surface area contributed by atoms with Gasteiger partial charge in [-0.2, -0.15) is 0 Å². The molecule has 0 fully saturated rings. The predicted octanol–water partition coefficient (Wildman–Crippen LogP) is 3.54. The number of aldehydes is 1. The van der Waals surface area contributed by atoms with E-state index in [0.29, 0.717) is 25.1 Å². The van der Waals surface area contributed by atoms with Crippen molar-refractivity contribution in [3.05, 3.63) is 58.9 Å². The molecule has 0 heterocycles. The maximum Gasteiger partial charge on any atom is 0.166 e. The van der Waals surface area contributed by atoms with Crippen LogP contribution in [0.1, 0.15) is 21.5 Å². The van der Waals surface area contributed by atoms with E-state index in [1.165, 1.54) is 12.1 Å². The highest BCUT2D eigenvalue weighted by Gasteiger charge is 2.07. The van der Waals surface area contributed by atoms with E-state index in [9.17, 15) is 14.3 Å². The number of phenols is 1. The van der Waals surface area contributed by atoms with Gasteiger partial charge in [-0.15, -0.1) is 0 Å². The Morgan fingerprint density at radius 1 is 1.09 bits per heavy atom. The molecule has 0 aromatic heterocycles. The van der Waals surface area contributed by atoms with Gasteiger partial charge in [0, 0.05) is 7.11 Å². The summed E-state index contributed by atoms with van der Waals surface area (Å²) in [6.07, 6.45) is 3.86. The minimum atomic E-state index is -0.823. The summed E-state index contributed by atoms with van der Waals surface area (Å²) >= 11 is 0. The molecular formula is C18H17FO4. The fourth-order valence-electron chi connectivity index (χ4n) is 1.94. The molecule has 1 N–H and O–H groups in total. The van der Waals surface area contributed by atoms with Crippen molar-refractivity contribution in [2.75, 3.05) is 20.3 Å². The molecule has 2 aromatic carbocycles. The van der Waals surface area contributed by atoms with Crippen LogP contribution < -0.4 is 4.74 Å². The van der Waals surface area contributed by atoms with Crippen LogP contribution in [0, 0.1) is 5.82 Å². The zero-order valence-corrected chi connectivity index (χ0v) is 12.7. The van der Waals surface area contributed by atoms with Gasteiger partial charge in [0.25, 0.3) is 0 Å². The van der Waals surface area contributed by atoms with Gasteiger partial charge in [0.15, 0.2) is 17.9 Å². The molecule has 5 heteroatoms. The molecular weight excluding hydrogens is 299 g/mol. The number of benzene rings is 2. The molecule has 0 aliphatic carbocycles. The van der Waals surface area contributed by atoms with E-state index >= 15 is 0 Å². The van der Waals surface area contributed by atoms with Gasteiger partial charge in [-0.05, 0) is 35.4 Å². The van der Waals surface area contributed by atoms with Gasteiger partial charge < -0.3 is 14.6 Å². The molecule has 0 unspecified atom stereocenters. The first-order valence-corrected chi connectivity index (χ1v) is 7.01. The molecule has 2 rings (SSSR count). The highest BCUT2D eigenvalue weighted by molar-refractivity contribution is 5.82. The lowest BCUT2D eigenvalue weighted by Crippen LogP contribution is -2.03. The van der Waals surface area contributed by atoms with E-state index < -0.39 is 11.6 Å². The van der Waals surface area contributed by atoms with Gasteiger partial charge in [0.05, 0.1) is 12.2 Å². The minimum absolute atomic E-state index is 0.0773. The molecule has 0 aliphatic rings. The minimum Gasteiger partial charge on any atom is -0.504 e. The van der Waals surface area contributed by atoms with Gasteiger partial charge in [0.1, 0.15) is 12.4 Å². The van der Waals surface area contributed by atoms with Crippen molar-refractivity contribution in [1.29, 1.82) is 0 Å². The van der Waals surface area contributed by atoms with Crippen molar-refractivity contribution >= 4 is 18.4 Å². The number of methoxy groups -OCH3 is 1. The molecule has 120 valence electrons. The SMILES string of the molecule is COCCOc1ccc(C=Cc2cc(F)c(O)c(C=O)c2)cc1. The standard InChI is InChI=1S/C18H17FO4/c1-22-8-9-23-16-6-4-13(5-7-16)2-3-14-10-15(12-20)18(21)17(19)11-14/h2-7,10-12,21H,8-9H2,1H3. The number of ether oxygens (including phenoxy) is 2. The molecule has 0 aliphatic heterocycles. The Hall–Kier alpha value is -2.66. The highest BCUT2D eigenvalue weighted by Crippen LogP contribution is 2.23. The molecule has 0 spiro atoms. The van der Waals surface area contributed by atoms with Crippen molar-refractivity contribution in [1.82, 2.24) is 0 Å². The Morgan fingerprint density at radius 2 is 1.78 bits per heavy atom. The molecule has 0 saturated carbocycles. The Balaban J connectivity index is 2.08. The molecule has 0 saturated heterocycles. The van der Waals surface area contributed by atoms with E-state index in [-0.39, 0.29) is 5.56 Å². The maximum atomic E-state index is 13.5. The Kier molecular flexibility index (Phi) is 5.88. The topological polar surface area (TPSA) is 55.8 Å². The zero-order valence-electron chi connectivity index (χ0n) is 12.7. The average molecular weight is 316 g/mol. The first kappa shape index (κ1) is 16.7. The van der Waals surface area contributed by atoms with Gasteiger partial charge in [-0.1, -0.05) is 24.3 Å². The van der Waals surface area contributed by atoms with Crippen LogP contribution in [-0.4, -0.2) is 31.7 Å². The van der Waals surface area contributed by atoms with Crippen LogP contribution in [-0.2, 0) is 4.74 Å². The van der Waals surface area contributed by atoms with E-state index in [4.69, 9.17) is 9.47 Å². The second-order valence-electron chi connectivity index (χ2n) is 4.80. The average Bonchev–Trinajstić information content (AvgIpc) is 2.57. The number of aromatic hydroxyl groups is 1. The normalized spacial score (nSPS) is 10.9. The summed E-state index contributed by atoms with van der Waals surface area (Å²) < 4.78 is 23.8. The van der Waals surface area contributed by atoms with Crippen LogP contribution in [0.2, 0.25) is 0 Å². The van der Waals surface area contributed by atoms with Gasteiger partial charge in [0.2, 0.25) is 0 Å². The molecule has 0 atom stereocenters. The predicted molar refractivity (Wildman–Crippen MR) is 86.2 cm³/mol. The van der Waals surface area contributed by atoms with Crippen LogP contribution in [0.5, 0.6) is 11.5 Å². The molecule has 0 bridgehead atoms. The zero-order chi connectivity index (χ0) is 16.7. The summed E-state index contributed by atoms with van der Waals surface area (Å²) in [6, 6.07) is 9.95. The summed E-state index contributed by atoms with van der Waals surface area (Å²) in [5, 5.41) is 9.37. The third kappa shape index (κ3) is 4.66.